The molecule has 2 atom stereocenters. The quantitative estimate of drug-likeness (QED) is 0.244. The van der Waals surface area contributed by atoms with Crippen LogP contribution in [0.15, 0.2) is 59.9 Å². The minimum absolute atomic E-state index is 0.148. The van der Waals surface area contributed by atoms with Crippen LogP contribution in [-0.2, 0) is 16.6 Å². The highest BCUT2D eigenvalue weighted by atomic mass is 16.6. The molecule has 0 amide bonds. The molecule has 0 aliphatic carbocycles. The number of pyridine rings is 1. The Kier molecular flexibility index (Phi) is 5.75. The number of benzene rings is 3. The molecule has 1 N–H and O–H groups in total. The van der Waals surface area contributed by atoms with Crippen molar-refractivity contribution >= 4 is 38.5 Å². The van der Waals surface area contributed by atoms with Crippen LogP contribution in [0.3, 0.4) is 0 Å². The summed E-state index contributed by atoms with van der Waals surface area (Å²) in [6, 6.07) is 13.3. The Bertz CT molecular complexity index is 1600. The number of carbonyl (C=O) groups excluding carboxylic acids is 1. The van der Waals surface area contributed by atoms with Crippen molar-refractivity contribution in [3.05, 3.63) is 70.9 Å². The van der Waals surface area contributed by atoms with E-state index < -0.39 is 23.8 Å². The molecule has 1 aromatic heterocycles. The number of hydrogen-bond donors (Lipinski definition) is 1. The van der Waals surface area contributed by atoms with Crippen LogP contribution >= 0.6 is 0 Å². The number of rotatable bonds is 5. The smallest absolute Gasteiger partial charge is 0.306 e. The number of aromatic nitrogens is 1. The van der Waals surface area contributed by atoms with Crippen LogP contribution in [0.1, 0.15) is 38.4 Å². The average molecular weight is 488 g/mol. The SMILES string of the molecule is C=CCCC(=O)O[C@@H]1[C@H](O)c2c(cc(OC)c3c(=O)c4cc5ccccc5cc4n(C)c23)OC1(C)C. The third-order valence-corrected chi connectivity index (χ3v) is 6.97. The fourth-order valence-corrected chi connectivity index (χ4v) is 5.18. The van der Waals surface area contributed by atoms with Gasteiger partial charge in [0.2, 0.25) is 5.43 Å². The summed E-state index contributed by atoms with van der Waals surface area (Å²) in [5, 5.41) is 14.4. The molecule has 3 aromatic carbocycles. The maximum absolute atomic E-state index is 13.9. The number of hydrogen-bond acceptors (Lipinski definition) is 6. The van der Waals surface area contributed by atoms with Crippen LogP contribution in [0.2, 0.25) is 0 Å². The summed E-state index contributed by atoms with van der Waals surface area (Å²) in [6.07, 6.45) is 0.0399. The lowest BCUT2D eigenvalue weighted by atomic mass is 9.86. The predicted octanol–water partition coefficient (Wildman–Crippen LogP) is 4.94. The van der Waals surface area contributed by atoms with Crippen LogP contribution in [0.5, 0.6) is 11.5 Å². The molecule has 186 valence electrons. The van der Waals surface area contributed by atoms with E-state index in [-0.39, 0.29) is 11.8 Å². The van der Waals surface area contributed by atoms with Crippen molar-refractivity contribution in [1.82, 2.24) is 4.57 Å². The monoisotopic (exact) mass is 487 g/mol. The van der Waals surface area contributed by atoms with Gasteiger partial charge in [-0.15, -0.1) is 6.58 Å². The van der Waals surface area contributed by atoms with Crippen molar-refractivity contribution < 1.29 is 24.1 Å². The number of esters is 1. The molecule has 0 unspecified atom stereocenters. The summed E-state index contributed by atoms with van der Waals surface area (Å²) >= 11 is 0. The van der Waals surface area contributed by atoms with Crippen molar-refractivity contribution in [2.24, 2.45) is 7.05 Å². The summed E-state index contributed by atoms with van der Waals surface area (Å²) < 4.78 is 19.5. The molecule has 4 aromatic rings. The Morgan fingerprint density at radius 1 is 1.22 bits per heavy atom. The van der Waals surface area contributed by atoms with E-state index in [9.17, 15) is 14.7 Å². The lowest BCUT2D eigenvalue weighted by molar-refractivity contribution is -0.177. The predicted molar refractivity (Wildman–Crippen MR) is 140 cm³/mol. The normalized spacial score (nSPS) is 18.6. The Labute approximate surface area is 208 Å². The van der Waals surface area contributed by atoms with Gasteiger partial charge in [-0.3, -0.25) is 9.59 Å². The number of aryl methyl sites for hydroxylation is 1. The van der Waals surface area contributed by atoms with Crippen LogP contribution in [0.4, 0.5) is 0 Å². The highest BCUT2D eigenvalue weighted by Crippen LogP contribution is 2.47. The number of ether oxygens (including phenoxy) is 3. The second-order valence-corrected chi connectivity index (χ2v) is 9.71. The number of carbonyl (C=O) groups is 1. The van der Waals surface area contributed by atoms with Gasteiger partial charge >= 0.3 is 5.97 Å². The molecule has 0 radical (unpaired) electrons. The fourth-order valence-electron chi connectivity index (χ4n) is 5.18. The lowest BCUT2D eigenvalue weighted by Gasteiger charge is -2.42. The maximum Gasteiger partial charge on any atom is 0.306 e. The minimum Gasteiger partial charge on any atom is -0.496 e. The van der Waals surface area contributed by atoms with E-state index in [1.807, 2.05) is 48.0 Å². The second kappa shape index (κ2) is 8.68. The van der Waals surface area contributed by atoms with Gasteiger partial charge in [0.25, 0.3) is 0 Å². The van der Waals surface area contributed by atoms with Crippen molar-refractivity contribution in [3.8, 4) is 11.5 Å². The van der Waals surface area contributed by atoms with Crippen molar-refractivity contribution in [2.45, 2.75) is 44.5 Å². The van der Waals surface area contributed by atoms with Crippen LogP contribution in [0.25, 0.3) is 32.6 Å². The van der Waals surface area contributed by atoms with E-state index in [4.69, 9.17) is 14.2 Å². The molecule has 1 aliphatic rings. The highest BCUT2D eigenvalue weighted by molar-refractivity contribution is 6.04. The Hall–Kier alpha value is -3.84. The van der Waals surface area contributed by atoms with Gasteiger partial charge in [-0.05, 0) is 43.2 Å². The minimum atomic E-state index is -1.23. The highest BCUT2D eigenvalue weighted by Gasteiger charge is 2.47. The summed E-state index contributed by atoms with van der Waals surface area (Å²) in [5.41, 5.74) is 0.341. The van der Waals surface area contributed by atoms with Crippen molar-refractivity contribution in [1.29, 1.82) is 0 Å². The second-order valence-electron chi connectivity index (χ2n) is 9.71. The first-order valence-corrected chi connectivity index (χ1v) is 11.9. The van der Waals surface area contributed by atoms with Gasteiger partial charge in [0.05, 0.1) is 29.1 Å². The molecule has 0 bridgehead atoms. The zero-order chi connectivity index (χ0) is 25.8. The zero-order valence-electron chi connectivity index (χ0n) is 20.8. The standard InChI is InChI=1S/C29H29NO6/c1-6-7-12-22(31)35-28-27(33)24-21(36-29(28,2)3)15-20(34-5)23-25(24)30(4)19-14-17-11-9-8-10-16(17)13-18(19)26(23)32/h6,8-11,13-15,27-28,33H,1,7,12H2,2-5H3/t27-,28-/m1/s1. The van der Waals surface area contributed by atoms with Gasteiger partial charge in [-0.1, -0.05) is 30.3 Å². The molecule has 1 aliphatic heterocycles. The van der Waals surface area contributed by atoms with Gasteiger partial charge < -0.3 is 23.9 Å². The Morgan fingerprint density at radius 2 is 1.92 bits per heavy atom. The number of aliphatic hydroxyl groups is 1. The van der Waals surface area contributed by atoms with Crippen LogP contribution < -0.4 is 14.9 Å². The van der Waals surface area contributed by atoms with E-state index in [1.54, 1.807) is 26.0 Å². The third-order valence-electron chi connectivity index (χ3n) is 6.97. The number of aliphatic hydroxyl groups excluding tert-OH is 1. The molecular formula is C29H29NO6. The first kappa shape index (κ1) is 23.9. The summed E-state index contributed by atoms with van der Waals surface area (Å²) in [6.45, 7) is 7.15. The van der Waals surface area contributed by atoms with E-state index in [2.05, 4.69) is 6.58 Å². The van der Waals surface area contributed by atoms with Gasteiger partial charge in [0.15, 0.2) is 6.10 Å². The number of fused-ring (bicyclic) bond motifs is 5. The Morgan fingerprint density at radius 3 is 2.58 bits per heavy atom. The van der Waals surface area contributed by atoms with E-state index in [1.165, 1.54) is 7.11 Å². The molecule has 7 nitrogen and oxygen atoms in total. The molecule has 0 saturated heterocycles. The number of methoxy groups -OCH3 is 1. The number of allylic oxidation sites excluding steroid dienone is 1. The number of nitrogens with zero attached hydrogens (tertiary/aromatic N) is 1. The molecule has 0 spiro atoms. The molecule has 36 heavy (non-hydrogen) atoms. The molecular weight excluding hydrogens is 458 g/mol. The average Bonchev–Trinajstić information content (AvgIpc) is 2.86. The van der Waals surface area contributed by atoms with Gasteiger partial charge in [-0.2, -0.15) is 0 Å². The molecule has 5 rings (SSSR count). The lowest BCUT2D eigenvalue weighted by Crippen LogP contribution is -2.51. The summed E-state index contributed by atoms with van der Waals surface area (Å²) in [5.74, 6) is 0.275. The van der Waals surface area contributed by atoms with Crippen LogP contribution in [-0.4, -0.2) is 34.5 Å². The first-order chi connectivity index (χ1) is 17.2. The first-order valence-electron chi connectivity index (χ1n) is 11.9. The van der Waals surface area contributed by atoms with Crippen LogP contribution in [0, 0.1) is 0 Å². The van der Waals surface area contributed by atoms with E-state index in [0.29, 0.717) is 45.3 Å². The molecule has 7 heteroatoms. The molecule has 0 saturated carbocycles. The van der Waals surface area contributed by atoms with Gasteiger partial charge in [0, 0.05) is 24.9 Å². The summed E-state index contributed by atoms with van der Waals surface area (Å²) in [4.78, 5) is 26.3. The maximum atomic E-state index is 13.9. The topological polar surface area (TPSA) is 87.0 Å². The zero-order valence-corrected chi connectivity index (χ0v) is 20.8. The molecule has 0 fully saturated rings. The van der Waals surface area contributed by atoms with E-state index >= 15 is 0 Å². The Balaban J connectivity index is 1.81. The van der Waals surface area contributed by atoms with E-state index in [0.717, 1.165) is 10.8 Å². The fraction of sp³-hybridized carbons (Fsp3) is 0.310. The third kappa shape index (κ3) is 3.62. The largest absolute Gasteiger partial charge is 0.496 e. The van der Waals surface area contributed by atoms with Gasteiger partial charge in [0.1, 0.15) is 23.2 Å². The molecule has 2 heterocycles. The summed E-state index contributed by atoms with van der Waals surface area (Å²) in [7, 11) is 3.34. The van der Waals surface area contributed by atoms with Crippen molar-refractivity contribution in [3.63, 3.8) is 0 Å². The van der Waals surface area contributed by atoms with Gasteiger partial charge in [-0.25, -0.2) is 0 Å². The van der Waals surface area contributed by atoms with Crippen molar-refractivity contribution in [2.75, 3.05) is 7.11 Å².